The van der Waals surface area contributed by atoms with Crippen molar-refractivity contribution in [2.75, 3.05) is 0 Å². The molecule has 0 atom stereocenters. The van der Waals surface area contributed by atoms with Gasteiger partial charge in [0.15, 0.2) is 11.6 Å². The highest BCUT2D eigenvalue weighted by molar-refractivity contribution is 5.81. The summed E-state index contributed by atoms with van der Waals surface area (Å²) >= 11 is 0. The summed E-state index contributed by atoms with van der Waals surface area (Å²) in [5, 5.41) is 9.65. The molecule has 1 aromatic carbocycles. The van der Waals surface area contributed by atoms with Gasteiger partial charge in [-0.1, -0.05) is 0 Å². The summed E-state index contributed by atoms with van der Waals surface area (Å²) in [5.74, 6) is -1.67. The van der Waals surface area contributed by atoms with Crippen LogP contribution in [-0.2, 0) is 6.54 Å². The molecule has 0 fully saturated rings. The van der Waals surface area contributed by atoms with E-state index in [1.54, 1.807) is 36.7 Å². The third kappa shape index (κ3) is 1.97. The van der Waals surface area contributed by atoms with Gasteiger partial charge in [-0.05, 0) is 38.5 Å². The number of benzene rings is 1. The van der Waals surface area contributed by atoms with E-state index in [1.807, 2.05) is 0 Å². The minimum Gasteiger partial charge on any atom is -0.343 e. The first-order valence-electron chi connectivity index (χ1n) is 5.70. The van der Waals surface area contributed by atoms with E-state index >= 15 is 0 Å². The fourth-order valence-electron chi connectivity index (χ4n) is 2.03. The number of nitrogens with zero attached hydrogens (tertiary/aromatic N) is 2. The molecule has 18 heavy (non-hydrogen) atoms. The third-order valence-electron chi connectivity index (χ3n) is 2.98. The van der Waals surface area contributed by atoms with Gasteiger partial charge in [0.25, 0.3) is 0 Å². The van der Waals surface area contributed by atoms with Crippen LogP contribution in [0.2, 0.25) is 0 Å². The van der Waals surface area contributed by atoms with Crippen molar-refractivity contribution in [3.63, 3.8) is 0 Å². The second-order valence-corrected chi connectivity index (χ2v) is 5.20. The lowest BCUT2D eigenvalue weighted by Gasteiger charge is -2.17. The second-order valence-electron chi connectivity index (χ2n) is 5.20. The van der Waals surface area contributed by atoms with Gasteiger partial charge in [0, 0.05) is 18.1 Å². The molecule has 0 unspecified atom stereocenters. The molecule has 4 heteroatoms. The van der Waals surface area contributed by atoms with Crippen molar-refractivity contribution in [3.05, 3.63) is 35.5 Å². The van der Waals surface area contributed by atoms with Gasteiger partial charge in [-0.3, -0.25) is 0 Å². The molecule has 94 valence electrons. The lowest BCUT2D eigenvalue weighted by molar-refractivity contribution is 0.412. The highest BCUT2D eigenvalue weighted by atomic mass is 19.2. The molecule has 0 aliphatic carbocycles. The number of rotatable bonds is 2. The summed E-state index contributed by atoms with van der Waals surface area (Å²) in [4.78, 5) is 0. The van der Waals surface area contributed by atoms with Crippen LogP contribution in [0.5, 0.6) is 0 Å². The lowest BCUT2D eigenvalue weighted by atomic mass is 9.96. The monoisotopic (exact) mass is 248 g/mol. The van der Waals surface area contributed by atoms with Gasteiger partial charge < -0.3 is 4.57 Å². The summed E-state index contributed by atoms with van der Waals surface area (Å²) < 4.78 is 29.1. The number of aryl methyl sites for hydroxylation is 1. The SMILES string of the molecule is Cc1cc2ccn(CC(C)(C)C#N)c2c(F)c1F. The maximum Gasteiger partial charge on any atom is 0.183 e. The average molecular weight is 248 g/mol. The van der Waals surface area contributed by atoms with Crippen LogP contribution >= 0.6 is 0 Å². The van der Waals surface area contributed by atoms with Gasteiger partial charge in [0.2, 0.25) is 0 Å². The molecule has 0 aliphatic rings. The molecule has 0 radical (unpaired) electrons. The number of hydrogen-bond acceptors (Lipinski definition) is 1. The number of halogens is 2. The van der Waals surface area contributed by atoms with Crippen LogP contribution in [0, 0.1) is 35.3 Å². The Morgan fingerprint density at radius 2 is 2.00 bits per heavy atom. The zero-order valence-electron chi connectivity index (χ0n) is 10.6. The molecule has 0 saturated carbocycles. The molecule has 2 aromatic rings. The summed E-state index contributed by atoms with van der Waals surface area (Å²) in [6.07, 6.45) is 1.69. The Balaban J connectivity index is 2.62. The molecule has 0 spiro atoms. The highest BCUT2D eigenvalue weighted by Crippen LogP contribution is 2.27. The minimum atomic E-state index is -0.844. The normalized spacial score (nSPS) is 11.8. The molecule has 0 bridgehead atoms. The predicted octanol–water partition coefficient (Wildman–Crippen LogP) is 3.78. The molecule has 0 saturated heterocycles. The highest BCUT2D eigenvalue weighted by Gasteiger charge is 2.21. The van der Waals surface area contributed by atoms with Crippen molar-refractivity contribution in [3.8, 4) is 6.07 Å². The Bertz CT molecular complexity index is 648. The van der Waals surface area contributed by atoms with Gasteiger partial charge in [-0.15, -0.1) is 0 Å². The van der Waals surface area contributed by atoms with Crippen LogP contribution in [0.3, 0.4) is 0 Å². The molecule has 2 nitrogen and oxygen atoms in total. The predicted molar refractivity (Wildman–Crippen MR) is 66.0 cm³/mol. The lowest BCUT2D eigenvalue weighted by Crippen LogP contribution is -2.17. The fourth-order valence-corrected chi connectivity index (χ4v) is 2.03. The quantitative estimate of drug-likeness (QED) is 0.795. The molecule has 0 aliphatic heterocycles. The first kappa shape index (κ1) is 12.6. The number of nitriles is 1. The second kappa shape index (κ2) is 4.09. The van der Waals surface area contributed by atoms with E-state index in [0.717, 1.165) is 0 Å². The van der Waals surface area contributed by atoms with E-state index in [-0.39, 0.29) is 11.1 Å². The topological polar surface area (TPSA) is 28.7 Å². The molecule has 1 heterocycles. The van der Waals surface area contributed by atoms with Crippen LogP contribution in [0.1, 0.15) is 19.4 Å². The molecular weight excluding hydrogens is 234 g/mol. The average Bonchev–Trinajstić information content (AvgIpc) is 2.68. The molecular formula is C14H14F2N2. The Morgan fingerprint density at radius 3 is 2.61 bits per heavy atom. The van der Waals surface area contributed by atoms with Gasteiger partial charge in [-0.2, -0.15) is 5.26 Å². The summed E-state index contributed by atoms with van der Waals surface area (Å²) in [5.41, 5.74) is -0.113. The van der Waals surface area contributed by atoms with Crippen molar-refractivity contribution in [2.24, 2.45) is 5.41 Å². The van der Waals surface area contributed by atoms with Gasteiger partial charge in [-0.25, -0.2) is 8.78 Å². The summed E-state index contributed by atoms with van der Waals surface area (Å²) in [6, 6.07) is 5.50. The van der Waals surface area contributed by atoms with Crippen LogP contribution in [-0.4, -0.2) is 4.57 Å². The van der Waals surface area contributed by atoms with Gasteiger partial charge in [0.1, 0.15) is 0 Å². The maximum absolute atomic E-state index is 14.0. The van der Waals surface area contributed by atoms with Gasteiger partial charge >= 0.3 is 0 Å². The Labute approximate surface area is 104 Å². The van der Waals surface area contributed by atoms with Crippen LogP contribution < -0.4 is 0 Å². The van der Waals surface area contributed by atoms with Crippen molar-refractivity contribution in [2.45, 2.75) is 27.3 Å². The van der Waals surface area contributed by atoms with Crippen molar-refractivity contribution in [1.82, 2.24) is 4.57 Å². The number of fused-ring (bicyclic) bond motifs is 1. The Hall–Kier alpha value is -1.89. The zero-order valence-corrected chi connectivity index (χ0v) is 10.6. The third-order valence-corrected chi connectivity index (χ3v) is 2.98. The van der Waals surface area contributed by atoms with E-state index in [2.05, 4.69) is 6.07 Å². The van der Waals surface area contributed by atoms with Crippen LogP contribution in [0.25, 0.3) is 10.9 Å². The summed E-state index contributed by atoms with van der Waals surface area (Å²) in [6.45, 7) is 5.39. The molecule has 2 rings (SSSR count). The van der Waals surface area contributed by atoms with Gasteiger partial charge in [0.05, 0.1) is 17.0 Å². The maximum atomic E-state index is 14.0. The Morgan fingerprint density at radius 1 is 1.33 bits per heavy atom. The number of aromatic nitrogens is 1. The molecule has 1 aromatic heterocycles. The van der Waals surface area contributed by atoms with E-state index in [4.69, 9.17) is 5.26 Å². The van der Waals surface area contributed by atoms with E-state index in [1.165, 1.54) is 6.92 Å². The minimum absolute atomic E-state index is 0.224. The smallest absolute Gasteiger partial charge is 0.183 e. The standard InChI is InChI=1S/C14H14F2N2/c1-9-6-10-4-5-18(8-14(2,3)7-17)13(10)12(16)11(9)15/h4-6H,8H2,1-3H3. The molecule has 0 amide bonds. The zero-order chi connectivity index (χ0) is 13.5. The summed E-state index contributed by atoms with van der Waals surface area (Å²) in [7, 11) is 0. The fraction of sp³-hybridized carbons (Fsp3) is 0.357. The van der Waals surface area contributed by atoms with E-state index in [9.17, 15) is 8.78 Å². The largest absolute Gasteiger partial charge is 0.343 e. The first-order chi connectivity index (χ1) is 8.35. The van der Waals surface area contributed by atoms with E-state index < -0.39 is 17.0 Å². The number of hydrogen-bond donors (Lipinski definition) is 0. The van der Waals surface area contributed by atoms with Crippen LogP contribution in [0.4, 0.5) is 8.78 Å². The van der Waals surface area contributed by atoms with Crippen molar-refractivity contribution in [1.29, 1.82) is 5.26 Å². The first-order valence-corrected chi connectivity index (χ1v) is 5.70. The molecule has 0 N–H and O–H groups in total. The van der Waals surface area contributed by atoms with Crippen molar-refractivity contribution >= 4 is 10.9 Å². The Kier molecular flexibility index (Phi) is 2.86. The van der Waals surface area contributed by atoms with Crippen molar-refractivity contribution < 1.29 is 8.78 Å². The van der Waals surface area contributed by atoms with E-state index in [0.29, 0.717) is 11.9 Å². The van der Waals surface area contributed by atoms with Crippen LogP contribution in [0.15, 0.2) is 18.3 Å².